The zero-order valence-corrected chi connectivity index (χ0v) is 10.1. The Morgan fingerprint density at radius 1 is 1.67 bits per heavy atom. The molecule has 88 valence electrons. The molecule has 1 amide bonds. The Bertz CT molecular complexity index is 193. The molecule has 0 aromatic heterocycles. The van der Waals surface area contributed by atoms with Gasteiger partial charge in [0.25, 0.3) is 0 Å². The molecular weight excluding hydrogens is 214 g/mol. The molecule has 3 nitrogen and oxygen atoms in total. The van der Waals surface area contributed by atoms with Gasteiger partial charge in [0.1, 0.15) is 0 Å². The van der Waals surface area contributed by atoms with E-state index in [1.807, 2.05) is 0 Å². The average Bonchev–Trinajstić information content (AvgIpc) is 2.27. The molecule has 0 saturated carbocycles. The SMILES string of the molecule is CCCC(Cl)CNC(=O)C1CCCOC1. The summed E-state index contributed by atoms with van der Waals surface area (Å²) in [5.41, 5.74) is 0. The van der Waals surface area contributed by atoms with Crippen LogP contribution in [0.3, 0.4) is 0 Å². The largest absolute Gasteiger partial charge is 0.381 e. The van der Waals surface area contributed by atoms with Crippen molar-refractivity contribution in [1.82, 2.24) is 5.32 Å². The van der Waals surface area contributed by atoms with Crippen molar-refractivity contribution >= 4 is 17.5 Å². The van der Waals surface area contributed by atoms with E-state index in [9.17, 15) is 4.79 Å². The van der Waals surface area contributed by atoms with Crippen molar-refractivity contribution in [3.05, 3.63) is 0 Å². The molecule has 2 unspecified atom stereocenters. The lowest BCUT2D eigenvalue weighted by molar-refractivity contribution is -0.128. The number of hydrogen-bond donors (Lipinski definition) is 1. The minimum absolute atomic E-state index is 0.0317. The van der Waals surface area contributed by atoms with Gasteiger partial charge in [0, 0.05) is 13.2 Å². The second kappa shape index (κ2) is 7.07. The number of nitrogens with one attached hydrogen (secondary N) is 1. The Kier molecular flexibility index (Phi) is 6.03. The molecule has 0 aromatic carbocycles. The molecular formula is C11H20ClNO2. The van der Waals surface area contributed by atoms with Crippen LogP contribution < -0.4 is 5.32 Å². The maximum atomic E-state index is 11.7. The fourth-order valence-corrected chi connectivity index (χ4v) is 2.01. The predicted octanol–water partition coefficient (Wildman–Crippen LogP) is 1.94. The third-order valence-electron chi connectivity index (χ3n) is 2.63. The summed E-state index contributed by atoms with van der Waals surface area (Å²) in [5.74, 6) is 0.126. The zero-order chi connectivity index (χ0) is 11.1. The smallest absolute Gasteiger partial charge is 0.225 e. The minimum Gasteiger partial charge on any atom is -0.381 e. The molecule has 0 aliphatic carbocycles. The van der Waals surface area contributed by atoms with Gasteiger partial charge in [-0.3, -0.25) is 4.79 Å². The summed E-state index contributed by atoms with van der Waals surface area (Å²) >= 11 is 6.02. The van der Waals surface area contributed by atoms with E-state index < -0.39 is 0 Å². The van der Waals surface area contributed by atoms with Crippen LogP contribution >= 0.6 is 11.6 Å². The van der Waals surface area contributed by atoms with Crippen molar-refractivity contribution in [3.8, 4) is 0 Å². The second-order valence-corrected chi connectivity index (χ2v) is 4.66. The first-order valence-corrected chi connectivity index (χ1v) is 6.17. The fourth-order valence-electron chi connectivity index (χ4n) is 1.72. The van der Waals surface area contributed by atoms with Gasteiger partial charge in [-0.15, -0.1) is 11.6 Å². The summed E-state index contributed by atoms with van der Waals surface area (Å²) in [6, 6.07) is 0. The van der Waals surface area contributed by atoms with Crippen LogP contribution in [0.5, 0.6) is 0 Å². The van der Waals surface area contributed by atoms with Crippen LogP contribution in [0.2, 0.25) is 0 Å². The van der Waals surface area contributed by atoms with Crippen LogP contribution in [0.25, 0.3) is 0 Å². The number of carbonyl (C=O) groups is 1. The van der Waals surface area contributed by atoms with Gasteiger partial charge in [0.05, 0.1) is 17.9 Å². The first kappa shape index (κ1) is 12.8. The van der Waals surface area contributed by atoms with E-state index in [0.717, 1.165) is 32.3 Å². The van der Waals surface area contributed by atoms with E-state index in [2.05, 4.69) is 12.2 Å². The van der Waals surface area contributed by atoms with Crippen LogP contribution in [-0.4, -0.2) is 31.0 Å². The molecule has 4 heteroatoms. The molecule has 1 rings (SSSR count). The highest BCUT2D eigenvalue weighted by Crippen LogP contribution is 2.13. The van der Waals surface area contributed by atoms with E-state index in [1.165, 1.54) is 0 Å². The Labute approximate surface area is 96.5 Å². The quantitative estimate of drug-likeness (QED) is 0.737. The van der Waals surface area contributed by atoms with Gasteiger partial charge in [-0.2, -0.15) is 0 Å². The zero-order valence-electron chi connectivity index (χ0n) is 9.30. The molecule has 1 N–H and O–H groups in total. The highest BCUT2D eigenvalue weighted by molar-refractivity contribution is 6.20. The van der Waals surface area contributed by atoms with Crippen LogP contribution in [0.1, 0.15) is 32.6 Å². The van der Waals surface area contributed by atoms with Crippen LogP contribution in [0.15, 0.2) is 0 Å². The van der Waals surface area contributed by atoms with Crippen molar-refractivity contribution in [2.24, 2.45) is 5.92 Å². The number of rotatable bonds is 5. The fraction of sp³-hybridized carbons (Fsp3) is 0.909. The minimum atomic E-state index is 0.0317. The first-order chi connectivity index (χ1) is 7.24. The Balaban J connectivity index is 2.16. The van der Waals surface area contributed by atoms with Crippen molar-refractivity contribution in [3.63, 3.8) is 0 Å². The number of hydrogen-bond acceptors (Lipinski definition) is 2. The van der Waals surface area contributed by atoms with Crippen LogP contribution in [0, 0.1) is 5.92 Å². The number of halogens is 1. The van der Waals surface area contributed by atoms with Crippen molar-refractivity contribution in [2.45, 2.75) is 38.0 Å². The third-order valence-corrected chi connectivity index (χ3v) is 3.00. The van der Waals surface area contributed by atoms with Gasteiger partial charge in [-0.1, -0.05) is 13.3 Å². The van der Waals surface area contributed by atoms with Crippen molar-refractivity contribution < 1.29 is 9.53 Å². The maximum absolute atomic E-state index is 11.7. The molecule has 0 spiro atoms. The summed E-state index contributed by atoms with van der Waals surface area (Å²) < 4.78 is 5.26. The Morgan fingerprint density at radius 2 is 2.47 bits per heavy atom. The normalized spacial score (nSPS) is 23.5. The molecule has 0 bridgehead atoms. The van der Waals surface area contributed by atoms with Crippen molar-refractivity contribution in [1.29, 1.82) is 0 Å². The second-order valence-electron chi connectivity index (χ2n) is 4.05. The molecule has 1 heterocycles. The summed E-state index contributed by atoms with van der Waals surface area (Å²) in [7, 11) is 0. The third kappa shape index (κ3) is 4.85. The van der Waals surface area contributed by atoms with Crippen molar-refractivity contribution in [2.75, 3.05) is 19.8 Å². The predicted molar refractivity (Wildman–Crippen MR) is 61.1 cm³/mol. The lowest BCUT2D eigenvalue weighted by Gasteiger charge is -2.21. The van der Waals surface area contributed by atoms with Gasteiger partial charge in [-0.25, -0.2) is 0 Å². The molecule has 2 atom stereocenters. The monoisotopic (exact) mass is 233 g/mol. The van der Waals surface area contributed by atoms with Gasteiger partial charge >= 0.3 is 0 Å². The molecule has 15 heavy (non-hydrogen) atoms. The highest BCUT2D eigenvalue weighted by atomic mass is 35.5. The molecule has 0 radical (unpaired) electrons. The standard InChI is InChI=1S/C11H20ClNO2/c1-2-4-10(12)7-13-11(14)9-5-3-6-15-8-9/h9-10H,2-8H2,1H3,(H,13,14). The first-order valence-electron chi connectivity index (χ1n) is 5.73. The summed E-state index contributed by atoms with van der Waals surface area (Å²) in [6.07, 6.45) is 3.92. The Hall–Kier alpha value is -0.280. The Morgan fingerprint density at radius 3 is 3.07 bits per heavy atom. The molecule has 1 aliphatic rings. The maximum Gasteiger partial charge on any atom is 0.225 e. The van der Waals surface area contributed by atoms with Crippen LogP contribution in [0.4, 0.5) is 0 Å². The van der Waals surface area contributed by atoms with E-state index >= 15 is 0 Å². The highest BCUT2D eigenvalue weighted by Gasteiger charge is 2.21. The lowest BCUT2D eigenvalue weighted by atomic mass is 10.0. The number of amides is 1. The number of ether oxygens (including phenoxy) is 1. The lowest BCUT2D eigenvalue weighted by Crippen LogP contribution is -2.38. The number of carbonyl (C=O) groups excluding carboxylic acids is 1. The average molecular weight is 234 g/mol. The summed E-state index contributed by atoms with van der Waals surface area (Å²) in [4.78, 5) is 11.7. The molecule has 1 aliphatic heterocycles. The summed E-state index contributed by atoms with van der Waals surface area (Å²) in [6.45, 7) is 4.02. The molecule has 0 aromatic rings. The molecule has 1 saturated heterocycles. The van der Waals surface area contributed by atoms with E-state index in [0.29, 0.717) is 13.2 Å². The number of alkyl halides is 1. The summed E-state index contributed by atoms with van der Waals surface area (Å²) in [5, 5.41) is 2.94. The van der Waals surface area contributed by atoms with E-state index in [4.69, 9.17) is 16.3 Å². The topological polar surface area (TPSA) is 38.3 Å². The van der Waals surface area contributed by atoms with Gasteiger partial charge in [-0.05, 0) is 19.3 Å². The van der Waals surface area contributed by atoms with Gasteiger partial charge < -0.3 is 10.1 Å². The van der Waals surface area contributed by atoms with E-state index in [1.54, 1.807) is 0 Å². The molecule has 1 fully saturated rings. The van der Waals surface area contributed by atoms with Crippen LogP contribution in [-0.2, 0) is 9.53 Å². The van der Waals surface area contributed by atoms with Gasteiger partial charge in [0.2, 0.25) is 5.91 Å². The van der Waals surface area contributed by atoms with E-state index in [-0.39, 0.29) is 17.2 Å². The van der Waals surface area contributed by atoms with Gasteiger partial charge in [0.15, 0.2) is 0 Å².